The highest BCUT2D eigenvalue weighted by Crippen LogP contribution is 2.11. The van der Waals surface area contributed by atoms with Crippen LogP contribution in [0.25, 0.3) is 6.08 Å². The normalized spacial score (nSPS) is 12.4. The molecule has 1 rings (SSSR count). The fourth-order valence-corrected chi connectivity index (χ4v) is 1.33. The van der Waals surface area contributed by atoms with Gasteiger partial charge in [0.15, 0.2) is 0 Å². The molecule has 17 heavy (non-hydrogen) atoms. The summed E-state index contributed by atoms with van der Waals surface area (Å²) in [5.41, 5.74) is 0.867. The van der Waals surface area contributed by atoms with Gasteiger partial charge < -0.3 is 10.4 Å². The highest BCUT2D eigenvalue weighted by molar-refractivity contribution is 9.10. The van der Waals surface area contributed by atoms with Gasteiger partial charge in [-0.15, -0.1) is 0 Å². The van der Waals surface area contributed by atoms with E-state index in [1.165, 1.54) is 13.0 Å². The number of nitrogens with one attached hydrogen (secondary N) is 1. The molecule has 0 heterocycles. The summed E-state index contributed by atoms with van der Waals surface area (Å²) in [6.07, 6.45) is 2.93. The molecule has 0 aliphatic heterocycles. The molecule has 4 nitrogen and oxygen atoms in total. The van der Waals surface area contributed by atoms with Crippen molar-refractivity contribution in [1.82, 2.24) is 5.32 Å². The molecule has 2 N–H and O–H groups in total. The summed E-state index contributed by atoms with van der Waals surface area (Å²) >= 11 is 3.31. The zero-order chi connectivity index (χ0) is 12.8. The van der Waals surface area contributed by atoms with Gasteiger partial charge in [-0.2, -0.15) is 0 Å². The molecular formula is C12H12BrNO3. The Morgan fingerprint density at radius 3 is 2.47 bits per heavy atom. The molecule has 0 aromatic heterocycles. The molecule has 0 fully saturated rings. The zero-order valence-electron chi connectivity index (χ0n) is 9.18. The van der Waals surface area contributed by atoms with Gasteiger partial charge in [0.05, 0.1) is 0 Å². The van der Waals surface area contributed by atoms with Gasteiger partial charge in [0.25, 0.3) is 0 Å². The number of carboxylic acids is 1. The van der Waals surface area contributed by atoms with Gasteiger partial charge in [0, 0.05) is 10.5 Å². The lowest BCUT2D eigenvalue weighted by Crippen LogP contribution is -2.37. The van der Waals surface area contributed by atoms with Crippen LogP contribution in [0.5, 0.6) is 0 Å². The number of carbonyl (C=O) groups is 2. The summed E-state index contributed by atoms with van der Waals surface area (Å²) in [7, 11) is 0. The lowest BCUT2D eigenvalue weighted by molar-refractivity contribution is -0.140. The summed E-state index contributed by atoms with van der Waals surface area (Å²) in [5.74, 6) is -1.49. The van der Waals surface area contributed by atoms with Crippen molar-refractivity contribution < 1.29 is 14.7 Å². The van der Waals surface area contributed by atoms with Gasteiger partial charge in [-0.05, 0) is 30.7 Å². The van der Waals surface area contributed by atoms with Gasteiger partial charge >= 0.3 is 5.97 Å². The number of halogens is 1. The van der Waals surface area contributed by atoms with Crippen molar-refractivity contribution in [2.75, 3.05) is 0 Å². The second kappa shape index (κ2) is 6.20. The highest BCUT2D eigenvalue weighted by Gasteiger charge is 2.11. The molecule has 0 spiro atoms. The fraction of sp³-hybridized carbons (Fsp3) is 0.167. The van der Waals surface area contributed by atoms with Gasteiger partial charge in [0.1, 0.15) is 6.04 Å². The van der Waals surface area contributed by atoms with Gasteiger partial charge in [-0.25, -0.2) is 0 Å². The summed E-state index contributed by atoms with van der Waals surface area (Å²) in [6.45, 7) is 1.41. The van der Waals surface area contributed by atoms with E-state index >= 15 is 0 Å². The molecular weight excluding hydrogens is 286 g/mol. The molecule has 0 radical (unpaired) electrons. The Morgan fingerprint density at radius 2 is 1.94 bits per heavy atom. The van der Waals surface area contributed by atoms with Crippen molar-refractivity contribution in [2.24, 2.45) is 0 Å². The largest absolute Gasteiger partial charge is 0.480 e. The molecule has 1 aromatic carbocycles. The Labute approximate surface area is 107 Å². The van der Waals surface area contributed by atoms with Crippen LogP contribution in [-0.4, -0.2) is 23.0 Å². The Bertz CT molecular complexity index is 440. The predicted octanol–water partition coefficient (Wildman–Crippen LogP) is 2.05. The van der Waals surface area contributed by atoms with Crippen molar-refractivity contribution >= 4 is 33.9 Å². The Hall–Kier alpha value is -1.62. The average Bonchev–Trinajstić information content (AvgIpc) is 2.28. The van der Waals surface area contributed by atoms with Crippen molar-refractivity contribution in [1.29, 1.82) is 0 Å². The monoisotopic (exact) mass is 297 g/mol. The van der Waals surface area contributed by atoms with Crippen molar-refractivity contribution in [2.45, 2.75) is 13.0 Å². The molecule has 0 aliphatic carbocycles. The Balaban J connectivity index is 2.56. The number of carboxylic acid groups (broad SMARTS) is 1. The maximum Gasteiger partial charge on any atom is 0.325 e. The lowest BCUT2D eigenvalue weighted by Gasteiger charge is -2.05. The van der Waals surface area contributed by atoms with Crippen LogP contribution in [0.2, 0.25) is 0 Å². The van der Waals surface area contributed by atoms with E-state index in [1.54, 1.807) is 6.08 Å². The van der Waals surface area contributed by atoms with Gasteiger partial charge in [0.2, 0.25) is 5.91 Å². The van der Waals surface area contributed by atoms with Crippen LogP contribution in [0, 0.1) is 0 Å². The molecule has 5 heteroatoms. The standard InChI is InChI=1S/C12H12BrNO3/c1-8(12(16)17)14-11(15)7-4-9-2-5-10(13)6-3-9/h2-8H,1H3,(H,14,15)(H,16,17)/t8-/m1/s1. The maximum atomic E-state index is 11.3. The number of amides is 1. The van der Waals surface area contributed by atoms with Crippen molar-refractivity contribution in [3.8, 4) is 0 Å². The van der Waals surface area contributed by atoms with Gasteiger partial charge in [-0.3, -0.25) is 9.59 Å². The van der Waals surface area contributed by atoms with Crippen LogP contribution in [0.3, 0.4) is 0 Å². The predicted molar refractivity (Wildman–Crippen MR) is 68.4 cm³/mol. The third kappa shape index (κ3) is 4.82. The smallest absolute Gasteiger partial charge is 0.325 e. The molecule has 1 aromatic rings. The molecule has 1 amide bonds. The lowest BCUT2D eigenvalue weighted by atomic mass is 10.2. The Morgan fingerprint density at radius 1 is 1.35 bits per heavy atom. The van der Waals surface area contributed by atoms with Crippen LogP contribution in [-0.2, 0) is 9.59 Å². The first-order valence-corrected chi connectivity index (χ1v) is 5.75. The molecule has 90 valence electrons. The van der Waals surface area contributed by atoms with E-state index in [-0.39, 0.29) is 0 Å². The summed E-state index contributed by atoms with van der Waals surface area (Å²) in [5, 5.41) is 10.9. The van der Waals surface area contributed by atoms with E-state index in [4.69, 9.17) is 5.11 Å². The third-order valence-electron chi connectivity index (χ3n) is 2.03. The van der Waals surface area contributed by atoms with E-state index in [0.717, 1.165) is 10.0 Å². The minimum Gasteiger partial charge on any atom is -0.480 e. The fourth-order valence-electron chi connectivity index (χ4n) is 1.07. The van der Waals surface area contributed by atoms with E-state index in [0.29, 0.717) is 0 Å². The quantitative estimate of drug-likeness (QED) is 0.836. The molecule has 0 aliphatic rings. The first-order chi connectivity index (χ1) is 7.99. The van der Waals surface area contributed by atoms with Gasteiger partial charge in [-0.1, -0.05) is 28.1 Å². The molecule has 0 saturated heterocycles. The van der Waals surface area contributed by atoms with Crippen molar-refractivity contribution in [3.05, 3.63) is 40.4 Å². The number of benzene rings is 1. The zero-order valence-corrected chi connectivity index (χ0v) is 10.8. The SMILES string of the molecule is C[C@@H](NC(=O)C=Cc1ccc(Br)cc1)C(=O)O. The topological polar surface area (TPSA) is 66.4 Å². The molecule has 1 atom stereocenters. The number of hydrogen-bond donors (Lipinski definition) is 2. The summed E-state index contributed by atoms with van der Waals surface area (Å²) < 4.78 is 0.957. The first kappa shape index (κ1) is 13.4. The highest BCUT2D eigenvalue weighted by atomic mass is 79.9. The maximum absolute atomic E-state index is 11.3. The number of hydrogen-bond acceptors (Lipinski definition) is 2. The third-order valence-corrected chi connectivity index (χ3v) is 2.56. The second-order valence-corrected chi connectivity index (χ2v) is 4.37. The van der Waals surface area contributed by atoms with E-state index in [9.17, 15) is 9.59 Å². The Kier molecular flexibility index (Phi) is 4.90. The van der Waals surface area contributed by atoms with E-state index < -0.39 is 17.9 Å². The minimum absolute atomic E-state index is 0.428. The summed E-state index contributed by atoms with van der Waals surface area (Å²) in [4.78, 5) is 21.8. The van der Waals surface area contributed by atoms with Crippen LogP contribution >= 0.6 is 15.9 Å². The van der Waals surface area contributed by atoms with Crippen LogP contribution in [0.15, 0.2) is 34.8 Å². The first-order valence-electron chi connectivity index (χ1n) is 4.96. The molecule has 0 unspecified atom stereocenters. The molecule has 0 saturated carbocycles. The number of carbonyl (C=O) groups excluding carboxylic acids is 1. The number of rotatable bonds is 4. The number of aliphatic carboxylic acids is 1. The second-order valence-electron chi connectivity index (χ2n) is 3.45. The van der Waals surface area contributed by atoms with Crippen LogP contribution in [0.1, 0.15) is 12.5 Å². The van der Waals surface area contributed by atoms with Crippen LogP contribution < -0.4 is 5.32 Å². The molecule has 0 bridgehead atoms. The van der Waals surface area contributed by atoms with Crippen LogP contribution in [0.4, 0.5) is 0 Å². The summed E-state index contributed by atoms with van der Waals surface area (Å²) in [6, 6.07) is 6.51. The van der Waals surface area contributed by atoms with E-state index in [2.05, 4.69) is 21.2 Å². The minimum atomic E-state index is -1.06. The average molecular weight is 298 g/mol. The van der Waals surface area contributed by atoms with Crippen molar-refractivity contribution in [3.63, 3.8) is 0 Å². The van der Waals surface area contributed by atoms with E-state index in [1.807, 2.05) is 24.3 Å².